The van der Waals surface area contributed by atoms with Crippen LogP contribution < -0.4 is 10.6 Å². The van der Waals surface area contributed by atoms with Gasteiger partial charge in [0, 0.05) is 32.6 Å². The minimum atomic E-state index is -0.250. The third-order valence-corrected chi connectivity index (χ3v) is 4.67. The van der Waals surface area contributed by atoms with Crippen LogP contribution in [-0.2, 0) is 9.59 Å². The van der Waals surface area contributed by atoms with Crippen molar-refractivity contribution in [3.8, 4) is 0 Å². The van der Waals surface area contributed by atoms with Gasteiger partial charge in [0.15, 0.2) is 0 Å². The Hall–Kier alpha value is -0.810. The van der Waals surface area contributed by atoms with Crippen LogP contribution in [0.15, 0.2) is 0 Å². The molecule has 2 fully saturated rings. The second-order valence-corrected chi connectivity index (χ2v) is 6.30. The zero-order valence-electron chi connectivity index (χ0n) is 13.6. The number of hydrogen-bond donors (Lipinski definition) is 2. The third-order valence-electron chi connectivity index (χ3n) is 4.67. The van der Waals surface area contributed by atoms with Gasteiger partial charge in [-0.25, -0.2) is 0 Å². The van der Waals surface area contributed by atoms with Crippen molar-refractivity contribution in [2.24, 2.45) is 0 Å². The van der Waals surface area contributed by atoms with Crippen LogP contribution in [0.25, 0.3) is 0 Å². The van der Waals surface area contributed by atoms with Crippen molar-refractivity contribution in [3.63, 3.8) is 0 Å². The van der Waals surface area contributed by atoms with Gasteiger partial charge in [0.2, 0.25) is 11.8 Å². The molecule has 1 aliphatic heterocycles. The molecule has 0 bridgehead atoms. The van der Waals surface area contributed by atoms with Gasteiger partial charge in [0.25, 0.3) is 0 Å². The normalized spacial score (nSPS) is 22.8. The lowest BCUT2D eigenvalue weighted by atomic mass is 10.1. The van der Waals surface area contributed by atoms with Crippen molar-refractivity contribution in [2.45, 2.75) is 70.4 Å². The highest BCUT2D eigenvalue weighted by atomic mass is 35.5. The largest absolute Gasteiger partial charge is 0.353 e. The van der Waals surface area contributed by atoms with Crippen LogP contribution in [0.2, 0.25) is 0 Å². The number of amides is 2. The van der Waals surface area contributed by atoms with Crippen molar-refractivity contribution < 1.29 is 9.59 Å². The minimum Gasteiger partial charge on any atom is -0.353 e. The first-order chi connectivity index (χ1) is 10.2. The number of likely N-dealkylation sites (tertiary alicyclic amines) is 1. The molecule has 22 heavy (non-hydrogen) atoms. The first kappa shape index (κ1) is 19.2. The molecular weight excluding hydrogens is 302 g/mol. The molecule has 1 saturated heterocycles. The predicted octanol–water partition coefficient (Wildman–Crippen LogP) is 1.85. The van der Waals surface area contributed by atoms with Gasteiger partial charge in [-0.2, -0.15) is 0 Å². The van der Waals surface area contributed by atoms with Crippen LogP contribution in [0.4, 0.5) is 0 Å². The summed E-state index contributed by atoms with van der Waals surface area (Å²) in [5.74, 6) is 0.00889. The molecular formula is C16H30ClN3O2. The highest BCUT2D eigenvalue weighted by Crippen LogP contribution is 2.18. The van der Waals surface area contributed by atoms with Crippen molar-refractivity contribution in [1.82, 2.24) is 15.5 Å². The lowest BCUT2D eigenvalue weighted by molar-refractivity contribution is -0.136. The van der Waals surface area contributed by atoms with Gasteiger partial charge in [-0.3, -0.25) is 9.59 Å². The first-order valence-electron chi connectivity index (χ1n) is 8.47. The van der Waals surface area contributed by atoms with Crippen molar-refractivity contribution in [2.75, 3.05) is 19.6 Å². The zero-order valence-corrected chi connectivity index (χ0v) is 14.4. The van der Waals surface area contributed by atoms with E-state index in [4.69, 9.17) is 0 Å². The molecule has 128 valence electrons. The number of nitrogens with one attached hydrogen (secondary N) is 2. The van der Waals surface area contributed by atoms with Gasteiger partial charge in [-0.1, -0.05) is 25.7 Å². The molecule has 2 aliphatic rings. The first-order valence-corrected chi connectivity index (χ1v) is 8.47. The Morgan fingerprint density at radius 1 is 1.00 bits per heavy atom. The zero-order chi connectivity index (χ0) is 15.1. The van der Waals surface area contributed by atoms with Crippen molar-refractivity contribution in [3.05, 3.63) is 0 Å². The molecule has 1 aliphatic carbocycles. The van der Waals surface area contributed by atoms with Gasteiger partial charge in [0.1, 0.15) is 6.04 Å². The second kappa shape index (κ2) is 10.1. The van der Waals surface area contributed by atoms with E-state index in [-0.39, 0.29) is 30.3 Å². The highest BCUT2D eigenvalue weighted by molar-refractivity contribution is 5.87. The van der Waals surface area contributed by atoms with E-state index < -0.39 is 0 Å². The van der Waals surface area contributed by atoms with Crippen LogP contribution in [0, 0.1) is 0 Å². The molecule has 1 unspecified atom stereocenters. The van der Waals surface area contributed by atoms with E-state index in [1.807, 2.05) is 0 Å². The molecule has 2 amide bonds. The Morgan fingerprint density at radius 2 is 1.68 bits per heavy atom. The average Bonchev–Trinajstić information content (AvgIpc) is 2.82. The molecule has 5 nitrogen and oxygen atoms in total. The lowest BCUT2D eigenvalue weighted by Crippen LogP contribution is -2.47. The van der Waals surface area contributed by atoms with E-state index in [9.17, 15) is 9.59 Å². The van der Waals surface area contributed by atoms with Crippen molar-refractivity contribution in [1.29, 1.82) is 0 Å². The fraction of sp³-hybridized carbons (Fsp3) is 0.875. The summed E-state index contributed by atoms with van der Waals surface area (Å²) in [5.41, 5.74) is 0. The molecule has 6 heteroatoms. The number of nitrogens with zero attached hydrogens (tertiary/aromatic N) is 1. The summed E-state index contributed by atoms with van der Waals surface area (Å²) in [6.07, 6.45) is 9.59. The molecule has 0 spiro atoms. The maximum Gasteiger partial charge on any atom is 0.242 e. The summed E-state index contributed by atoms with van der Waals surface area (Å²) in [6, 6.07) is 0.366. The topological polar surface area (TPSA) is 61.4 Å². The smallest absolute Gasteiger partial charge is 0.242 e. The summed E-state index contributed by atoms with van der Waals surface area (Å²) in [5, 5.41) is 6.52. The maximum atomic E-state index is 12.1. The Balaban J connectivity index is 0.00000242. The molecule has 1 saturated carbocycles. The Morgan fingerprint density at radius 3 is 2.32 bits per heavy atom. The van der Waals surface area contributed by atoms with E-state index in [1.54, 1.807) is 11.8 Å². The van der Waals surface area contributed by atoms with Gasteiger partial charge in [0.05, 0.1) is 0 Å². The standard InChI is InChI=1S/C16H29N3O2.ClH/c1-13(20)19-12-6-9-15(19)16(21)18-11-10-17-14-7-4-2-3-5-8-14;/h14-15,17H,2-12H2,1H3,(H,18,21);1H. The molecule has 1 heterocycles. The molecule has 2 rings (SSSR count). The van der Waals surface area contributed by atoms with E-state index in [1.165, 1.54) is 38.5 Å². The van der Waals surface area contributed by atoms with Crippen LogP contribution >= 0.6 is 12.4 Å². The van der Waals surface area contributed by atoms with E-state index in [0.29, 0.717) is 19.1 Å². The van der Waals surface area contributed by atoms with Crippen LogP contribution in [0.5, 0.6) is 0 Å². The quantitative estimate of drug-likeness (QED) is 0.597. The highest BCUT2D eigenvalue weighted by Gasteiger charge is 2.31. The number of halogens is 1. The molecule has 0 radical (unpaired) electrons. The van der Waals surface area contributed by atoms with Crippen LogP contribution in [-0.4, -0.2) is 48.4 Å². The Kier molecular flexibility index (Phi) is 8.79. The maximum absolute atomic E-state index is 12.1. The Labute approximate surface area is 140 Å². The predicted molar refractivity (Wildman–Crippen MR) is 90.2 cm³/mol. The van der Waals surface area contributed by atoms with Gasteiger partial charge in [-0.15, -0.1) is 12.4 Å². The number of hydrogen-bond acceptors (Lipinski definition) is 3. The molecule has 0 aromatic carbocycles. The number of carbonyl (C=O) groups excluding carboxylic acids is 2. The SMILES string of the molecule is CC(=O)N1CCCC1C(=O)NCCNC1CCCCCC1.Cl. The Bertz CT molecular complexity index is 357. The summed E-state index contributed by atoms with van der Waals surface area (Å²) in [6.45, 7) is 3.73. The fourth-order valence-corrected chi connectivity index (χ4v) is 3.48. The van der Waals surface area contributed by atoms with Crippen LogP contribution in [0.3, 0.4) is 0 Å². The summed E-state index contributed by atoms with van der Waals surface area (Å²) in [4.78, 5) is 25.3. The number of carbonyl (C=O) groups is 2. The summed E-state index contributed by atoms with van der Waals surface area (Å²) < 4.78 is 0. The third kappa shape index (κ3) is 5.76. The molecule has 0 aromatic heterocycles. The summed E-state index contributed by atoms with van der Waals surface area (Å²) >= 11 is 0. The van der Waals surface area contributed by atoms with Gasteiger partial charge < -0.3 is 15.5 Å². The lowest BCUT2D eigenvalue weighted by Gasteiger charge is -2.23. The summed E-state index contributed by atoms with van der Waals surface area (Å²) in [7, 11) is 0. The molecule has 0 aromatic rings. The van der Waals surface area contributed by atoms with Crippen molar-refractivity contribution >= 4 is 24.2 Å². The molecule has 2 N–H and O–H groups in total. The van der Waals surface area contributed by atoms with Gasteiger partial charge >= 0.3 is 0 Å². The van der Waals surface area contributed by atoms with E-state index >= 15 is 0 Å². The van der Waals surface area contributed by atoms with E-state index in [0.717, 1.165) is 19.4 Å². The van der Waals surface area contributed by atoms with E-state index in [2.05, 4.69) is 10.6 Å². The minimum absolute atomic E-state index is 0. The average molecular weight is 332 g/mol. The number of rotatable bonds is 5. The molecule has 1 atom stereocenters. The van der Waals surface area contributed by atoms with Crippen LogP contribution in [0.1, 0.15) is 58.3 Å². The second-order valence-electron chi connectivity index (χ2n) is 6.30. The monoisotopic (exact) mass is 331 g/mol. The van der Waals surface area contributed by atoms with Gasteiger partial charge in [-0.05, 0) is 25.7 Å². The fourth-order valence-electron chi connectivity index (χ4n) is 3.48.